The quantitative estimate of drug-likeness (QED) is 0.801. The monoisotopic (exact) mass is 217 g/mol. The van der Waals surface area contributed by atoms with Crippen LogP contribution in [-0.2, 0) is 6.54 Å². The predicted octanol–water partition coefficient (Wildman–Crippen LogP) is 2.22. The Morgan fingerprint density at radius 2 is 2.06 bits per heavy atom. The smallest absolute Gasteiger partial charge is 0.166 e. The van der Waals surface area contributed by atoms with Crippen LogP contribution in [0.15, 0.2) is 30.3 Å². The zero-order valence-corrected chi connectivity index (χ0v) is 9.47. The summed E-state index contributed by atoms with van der Waals surface area (Å²) in [7, 11) is 0. The first kappa shape index (κ1) is 10.9. The minimum Gasteiger partial charge on any atom is -0.389 e. The summed E-state index contributed by atoms with van der Waals surface area (Å²) in [6.07, 6.45) is 0.825. The maximum absolute atomic E-state index is 11.0. The Labute approximate surface area is 94.3 Å². The highest BCUT2D eigenvalue weighted by Gasteiger charge is 2.17. The number of fused-ring (bicyclic) bond motifs is 1. The third-order valence-electron chi connectivity index (χ3n) is 2.51. The molecular formula is C13H15NO2. The topological polar surface area (TPSA) is 42.2 Å². The summed E-state index contributed by atoms with van der Waals surface area (Å²) >= 11 is 0. The van der Waals surface area contributed by atoms with Gasteiger partial charge in [-0.25, -0.2) is 0 Å². The Morgan fingerprint density at radius 3 is 2.69 bits per heavy atom. The molecule has 0 unspecified atom stereocenters. The van der Waals surface area contributed by atoms with E-state index < -0.39 is 5.60 Å². The third kappa shape index (κ3) is 1.99. The standard InChI is InChI=1S/C13H15NO2/c1-13(2,16)9-14-11(8-15)7-10-5-3-4-6-12(10)14/h3-8,16H,9H2,1-2H3. The van der Waals surface area contributed by atoms with Gasteiger partial charge in [0.2, 0.25) is 0 Å². The number of aldehydes is 1. The molecule has 0 aliphatic heterocycles. The molecule has 2 aromatic rings. The second kappa shape index (κ2) is 3.76. The molecule has 2 rings (SSSR count). The number of carbonyl (C=O) groups excluding carboxylic acids is 1. The van der Waals surface area contributed by atoms with Crippen molar-refractivity contribution in [3.05, 3.63) is 36.0 Å². The zero-order valence-electron chi connectivity index (χ0n) is 9.47. The molecule has 3 heteroatoms. The zero-order chi connectivity index (χ0) is 11.8. The van der Waals surface area contributed by atoms with E-state index in [-0.39, 0.29) is 0 Å². The van der Waals surface area contributed by atoms with Gasteiger partial charge >= 0.3 is 0 Å². The molecule has 16 heavy (non-hydrogen) atoms. The van der Waals surface area contributed by atoms with Gasteiger partial charge in [0.1, 0.15) is 0 Å². The van der Waals surface area contributed by atoms with Gasteiger partial charge in [0, 0.05) is 10.9 Å². The number of nitrogens with zero attached hydrogens (tertiary/aromatic N) is 1. The maximum Gasteiger partial charge on any atom is 0.166 e. The van der Waals surface area contributed by atoms with Crippen LogP contribution in [-0.4, -0.2) is 21.6 Å². The normalized spacial score (nSPS) is 11.9. The van der Waals surface area contributed by atoms with Gasteiger partial charge in [-0.05, 0) is 26.0 Å². The molecule has 84 valence electrons. The lowest BCUT2D eigenvalue weighted by Gasteiger charge is -2.19. The average Bonchev–Trinajstić information content (AvgIpc) is 2.55. The van der Waals surface area contributed by atoms with Gasteiger partial charge in [0.25, 0.3) is 0 Å². The highest BCUT2D eigenvalue weighted by atomic mass is 16.3. The summed E-state index contributed by atoms with van der Waals surface area (Å²) in [5.41, 5.74) is 0.745. The van der Waals surface area contributed by atoms with E-state index in [1.807, 2.05) is 34.9 Å². The Balaban J connectivity index is 2.60. The molecule has 0 saturated heterocycles. The first-order chi connectivity index (χ1) is 7.51. The fraction of sp³-hybridized carbons (Fsp3) is 0.308. The number of hydrogen-bond donors (Lipinski definition) is 1. The molecule has 0 bridgehead atoms. The minimum absolute atomic E-state index is 0.411. The summed E-state index contributed by atoms with van der Waals surface area (Å²) in [6.45, 7) is 3.88. The van der Waals surface area contributed by atoms with Crippen LogP contribution in [0, 0.1) is 0 Å². The molecule has 0 radical (unpaired) electrons. The van der Waals surface area contributed by atoms with Gasteiger partial charge < -0.3 is 9.67 Å². The predicted molar refractivity (Wildman–Crippen MR) is 63.6 cm³/mol. The van der Waals surface area contributed by atoms with E-state index >= 15 is 0 Å². The van der Waals surface area contributed by atoms with E-state index in [1.165, 1.54) is 0 Å². The Hall–Kier alpha value is -1.61. The lowest BCUT2D eigenvalue weighted by Crippen LogP contribution is -2.26. The highest BCUT2D eigenvalue weighted by Crippen LogP contribution is 2.21. The van der Waals surface area contributed by atoms with E-state index in [9.17, 15) is 9.90 Å². The summed E-state index contributed by atoms with van der Waals surface area (Å²) in [6, 6.07) is 9.62. The molecule has 0 atom stereocenters. The number of hydrogen-bond acceptors (Lipinski definition) is 2. The molecule has 3 nitrogen and oxygen atoms in total. The molecule has 0 spiro atoms. The number of aliphatic hydroxyl groups is 1. The van der Waals surface area contributed by atoms with E-state index in [0.717, 1.165) is 17.2 Å². The molecule has 0 saturated carbocycles. The van der Waals surface area contributed by atoms with Gasteiger partial charge in [-0.1, -0.05) is 18.2 Å². The van der Waals surface area contributed by atoms with Crippen molar-refractivity contribution in [3.8, 4) is 0 Å². The van der Waals surface area contributed by atoms with Crippen molar-refractivity contribution in [3.63, 3.8) is 0 Å². The summed E-state index contributed by atoms with van der Waals surface area (Å²) in [4.78, 5) is 11.0. The Kier molecular flexibility index (Phi) is 2.56. The van der Waals surface area contributed by atoms with Crippen molar-refractivity contribution in [1.29, 1.82) is 0 Å². The minimum atomic E-state index is -0.834. The Bertz CT molecular complexity index is 520. The fourth-order valence-corrected chi connectivity index (χ4v) is 1.89. The second-order valence-corrected chi connectivity index (χ2v) is 4.64. The van der Waals surface area contributed by atoms with Crippen molar-refractivity contribution in [2.75, 3.05) is 0 Å². The Morgan fingerprint density at radius 1 is 1.38 bits per heavy atom. The lowest BCUT2D eigenvalue weighted by molar-refractivity contribution is 0.0621. The van der Waals surface area contributed by atoms with Crippen molar-refractivity contribution >= 4 is 17.2 Å². The van der Waals surface area contributed by atoms with Crippen LogP contribution in [0.2, 0.25) is 0 Å². The molecule has 1 heterocycles. The van der Waals surface area contributed by atoms with Crippen LogP contribution in [0.3, 0.4) is 0 Å². The van der Waals surface area contributed by atoms with Gasteiger partial charge in [0.05, 0.1) is 17.8 Å². The van der Waals surface area contributed by atoms with E-state index in [1.54, 1.807) is 13.8 Å². The van der Waals surface area contributed by atoms with Crippen LogP contribution in [0.5, 0.6) is 0 Å². The number of para-hydroxylation sites is 1. The molecule has 0 amide bonds. The summed E-state index contributed by atoms with van der Waals surface area (Å²) in [5, 5.41) is 10.9. The molecule has 0 fully saturated rings. The largest absolute Gasteiger partial charge is 0.389 e. The molecule has 1 N–H and O–H groups in total. The summed E-state index contributed by atoms with van der Waals surface area (Å²) < 4.78 is 1.85. The third-order valence-corrected chi connectivity index (χ3v) is 2.51. The molecule has 0 aliphatic carbocycles. The second-order valence-electron chi connectivity index (χ2n) is 4.64. The van der Waals surface area contributed by atoms with E-state index in [2.05, 4.69) is 0 Å². The van der Waals surface area contributed by atoms with Crippen LogP contribution >= 0.6 is 0 Å². The molecule has 0 aliphatic rings. The van der Waals surface area contributed by atoms with E-state index in [0.29, 0.717) is 12.2 Å². The van der Waals surface area contributed by atoms with Crippen molar-refractivity contribution in [2.24, 2.45) is 0 Å². The van der Waals surface area contributed by atoms with Crippen LogP contribution in [0.1, 0.15) is 24.3 Å². The van der Waals surface area contributed by atoms with Gasteiger partial charge in [-0.3, -0.25) is 4.79 Å². The van der Waals surface area contributed by atoms with Crippen molar-refractivity contribution < 1.29 is 9.90 Å². The molecule has 1 aromatic carbocycles. The highest BCUT2D eigenvalue weighted by molar-refractivity contribution is 5.88. The average molecular weight is 217 g/mol. The maximum atomic E-state index is 11.0. The number of aromatic nitrogens is 1. The van der Waals surface area contributed by atoms with Crippen LogP contribution in [0.25, 0.3) is 10.9 Å². The number of carbonyl (C=O) groups is 1. The van der Waals surface area contributed by atoms with Gasteiger partial charge in [-0.15, -0.1) is 0 Å². The molecule has 1 aromatic heterocycles. The van der Waals surface area contributed by atoms with Crippen LogP contribution in [0.4, 0.5) is 0 Å². The SMILES string of the molecule is CC(C)(O)Cn1c(C=O)cc2ccccc21. The van der Waals surface area contributed by atoms with Crippen molar-refractivity contribution in [1.82, 2.24) is 4.57 Å². The molecular weight excluding hydrogens is 202 g/mol. The fourth-order valence-electron chi connectivity index (χ4n) is 1.89. The van der Waals surface area contributed by atoms with Gasteiger partial charge in [0.15, 0.2) is 6.29 Å². The first-order valence-corrected chi connectivity index (χ1v) is 5.27. The number of benzene rings is 1. The first-order valence-electron chi connectivity index (χ1n) is 5.27. The lowest BCUT2D eigenvalue weighted by atomic mass is 10.1. The number of rotatable bonds is 3. The van der Waals surface area contributed by atoms with Gasteiger partial charge in [-0.2, -0.15) is 0 Å². The van der Waals surface area contributed by atoms with E-state index in [4.69, 9.17) is 0 Å². The summed E-state index contributed by atoms with van der Waals surface area (Å²) in [5.74, 6) is 0. The van der Waals surface area contributed by atoms with Crippen molar-refractivity contribution in [2.45, 2.75) is 26.0 Å². The van der Waals surface area contributed by atoms with Crippen LogP contribution < -0.4 is 0 Å².